The summed E-state index contributed by atoms with van der Waals surface area (Å²) < 4.78 is 1.71. The van der Waals surface area contributed by atoms with Crippen molar-refractivity contribution in [3.05, 3.63) is 17.5 Å². The number of alkyl halides is 1. The molecule has 0 aromatic carbocycles. The molecule has 6 nitrogen and oxygen atoms in total. The number of urea groups is 1. The highest BCUT2D eigenvalue weighted by Crippen LogP contribution is 2.04. The van der Waals surface area contributed by atoms with Crippen molar-refractivity contribution < 1.29 is 9.59 Å². The van der Waals surface area contributed by atoms with Gasteiger partial charge < -0.3 is 5.32 Å². The third kappa shape index (κ3) is 3.74. The minimum absolute atomic E-state index is 0.315. The Morgan fingerprint density at radius 1 is 1.59 bits per heavy atom. The van der Waals surface area contributed by atoms with Gasteiger partial charge in [-0.05, 0) is 13.8 Å². The van der Waals surface area contributed by atoms with E-state index in [1.807, 2.05) is 14.0 Å². The van der Waals surface area contributed by atoms with Crippen LogP contribution >= 0.6 is 11.6 Å². The first-order valence-corrected chi connectivity index (χ1v) is 5.55. The molecule has 17 heavy (non-hydrogen) atoms. The standard InChI is InChI=1S/C10H15ClN4O2/c1-6(11)9(16)14-10(17)12-4-8-5-13-15(3)7(8)2/h5-6H,4H2,1-3H3,(H2,12,14,16,17). The van der Waals surface area contributed by atoms with E-state index >= 15 is 0 Å². The largest absolute Gasteiger partial charge is 0.334 e. The van der Waals surface area contributed by atoms with Gasteiger partial charge in [-0.1, -0.05) is 0 Å². The molecule has 2 N–H and O–H groups in total. The molecule has 0 radical (unpaired) electrons. The monoisotopic (exact) mass is 258 g/mol. The Morgan fingerprint density at radius 2 is 2.24 bits per heavy atom. The van der Waals surface area contributed by atoms with E-state index in [0.717, 1.165) is 11.3 Å². The average molecular weight is 259 g/mol. The highest BCUT2D eigenvalue weighted by Gasteiger charge is 2.13. The summed E-state index contributed by atoms with van der Waals surface area (Å²) in [6.07, 6.45) is 1.67. The minimum atomic E-state index is -0.735. The van der Waals surface area contributed by atoms with Crippen LogP contribution < -0.4 is 10.6 Å². The van der Waals surface area contributed by atoms with Gasteiger partial charge in [-0.25, -0.2) is 4.79 Å². The summed E-state index contributed by atoms with van der Waals surface area (Å²) in [5.74, 6) is -0.521. The van der Waals surface area contributed by atoms with Crippen LogP contribution in [0.15, 0.2) is 6.20 Å². The summed E-state index contributed by atoms with van der Waals surface area (Å²) in [6, 6.07) is -0.564. The van der Waals surface area contributed by atoms with Crippen LogP contribution in [-0.2, 0) is 18.4 Å². The number of aryl methyl sites for hydroxylation is 1. The molecule has 1 unspecified atom stereocenters. The van der Waals surface area contributed by atoms with Crippen molar-refractivity contribution in [2.45, 2.75) is 25.8 Å². The number of hydrogen-bond acceptors (Lipinski definition) is 3. The number of rotatable bonds is 3. The predicted octanol–water partition coefficient (Wildman–Crippen LogP) is 0.682. The number of nitrogens with one attached hydrogen (secondary N) is 2. The van der Waals surface area contributed by atoms with Crippen molar-refractivity contribution in [1.82, 2.24) is 20.4 Å². The summed E-state index contributed by atoms with van der Waals surface area (Å²) >= 11 is 5.51. The summed E-state index contributed by atoms with van der Waals surface area (Å²) in [6.45, 7) is 3.71. The van der Waals surface area contributed by atoms with Gasteiger partial charge in [-0.15, -0.1) is 11.6 Å². The lowest BCUT2D eigenvalue weighted by molar-refractivity contribution is -0.119. The Kier molecular flexibility index (Phi) is 4.51. The maximum atomic E-state index is 11.3. The van der Waals surface area contributed by atoms with Crippen LogP contribution in [0.1, 0.15) is 18.2 Å². The van der Waals surface area contributed by atoms with Crippen LogP contribution in [0, 0.1) is 6.92 Å². The summed E-state index contributed by atoms with van der Waals surface area (Å²) in [5, 5.41) is 7.99. The zero-order valence-electron chi connectivity index (χ0n) is 9.95. The van der Waals surface area contributed by atoms with Crippen LogP contribution in [-0.4, -0.2) is 27.1 Å². The van der Waals surface area contributed by atoms with Crippen molar-refractivity contribution in [3.63, 3.8) is 0 Å². The molecule has 7 heteroatoms. The van der Waals surface area contributed by atoms with Gasteiger partial charge in [0, 0.05) is 24.8 Å². The first-order valence-electron chi connectivity index (χ1n) is 5.12. The van der Waals surface area contributed by atoms with Crippen molar-refractivity contribution in [1.29, 1.82) is 0 Å². The van der Waals surface area contributed by atoms with E-state index in [1.165, 1.54) is 6.92 Å². The fourth-order valence-electron chi connectivity index (χ4n) is 1.15. The first kappa shape index (κ1) is 13.5. The molecule has 1 aromatic heterocycles. The lowest BCUT2D eigenvalue weighted by Crippen LogP contribution is -2.41. The number of hydrogen-bond donors (Lipinski definition) is 2. The molecule has 0 spiro atoms. The molecule has 1 atom stereocenters. The Hall–Kier alpha value is -1.56. The number of halogens is 1. The van der Waals surface area contributed by atoms with E-state index in [9.17, 15) is 9.59 Å². The van der Waals surface area contributed by atoms with Gasteiger partial charge in [-0.3, -0.25) is 14.8 Å². The van der Waals surface area contributed by atoms with E-state index in [0.29, 0.717) is 6.54 Å². The number of aromatic nitrogens is 2. The number of amides is 3. The highest BCUT2D eigenvalue weighted by atomic mass is 35.5. The lowest BCUT2D eigenvalue weighted by Gasteiger charge is -2.07. The highest BCUT2D eigenvalue weighted by molar-refractivity contribution is 6.31. The molecule has 0 aliphatic carbocycles. The molecule has 0 saturated carbocycles. The SMILES string of the molecule is Cc1c(CNC(=O)NC(=O)C(C)Cl)cnn1C. The molecule has 0 bridgehead atoms. The van der Waals surface area contributed by atoms with Crippen LogP contribution in [0.2, 0.25) is 0 Å². The fourth-order valence-corrected chi connectivity index (χ4v) is 1.20. The smallest absolute Gasteiger partial charge is 0.321 e. The first-order chi connectivity index (χ1) is 7.91. The van der Waals surface area contributed by atoms with Crippen LogP contribution in [0.5, 0.6) is 0 Å². The molecule has 3 amide bonds. The van der Waals surface area contributed by atoms with Crippen molar-refractivity contribution >= 4 is 23.5 Å². The third-order valence-corrected chi connectivity index (χ3v) is 2.57. The van der Waals surface area contributed by atoms with Gasteiger partial charge in [0.15, 0.2) is 0 Å². The Labute approximate surface area is 104 Å². The van der Waals surface area contributed by atoms with Crippen molar-refractivity contribution in [2.75, 3.05) is 0 Å². The second-order valence-corrected chi connectivity index (χ2v) is 4.32. The molecule has 94 valence electrons. The fraction of sp³-hybridized carbons (Fsp3) is 0.500. The van der Waals surface area contributed by atoms with E-state index < -0.39 is 17.3 Å². The normalized spacial score (nSPS) is 12.0. The van der Waals surface area contributed by atoms with E-state index in [-0.39, 0.29) is 0 Å². The molecule has 1 heterocycles. The van der Waals surface area contributed by atoms with Crippen LogP contribution in [0.3, 0.4) is 0 Å². The molecule has 1 rings (SSSR count). The number of nitrogens with zero attached hydrogens (tertiary/aromatic N) is 2. The molecular weight excluding hydrogens is 244 g/mol. The van der Waals surface area contributed by atoms with Gasteiger partial charge in [0.05, 0.1) is 6.20 Å². The number of carbonyl (C=O) groups excluding carboxylic acids is 2. The Bertz CT molecular complexity index is 428. The predicted molar refractivity (Wildman–Crippen MR) is 63.6 cm³/mol. The molecule has 0 aliphatic heterocycles. The summed E-state index contributed by atoms with van der Waals surface area (Å²) in [4.78, 5) is 22.4. The maximum absolute atomic E-state index is 11.3. The van der Waals surface area contributed by atoms with E-state index in [1.54, 1.807) is 10.9 Å². The van der Waals surface area contributed by atoms with Gasteiger partial charge >= 0.3 is 6.03 Å². The zero-order valence-corrected chi connectivity index (χ0v) is 10.7. The van der Waals surface area contributed by atoms with Crippen LogP contribution in [0.4, 0.5) is 4.79 Å². The zero-order chi connectivity index (χ0) is 13.0. The minimum Gasteiger partial charge on any atom is -0.334 e. The molecular formula is C10H15ClN4O2. The van der Waals surface area contributed by atoms with E-state index in [2.05, 4.69) is 15.7 Å². The van der Waals surface area contributed by atoms with Gasteiger partial charge in [0.2, 0.25) is 5.91 Å². The second kappa shape index (κ2) is 5.67. The quantitative estimate of drug-likeness (QED) is 0.783. The van der Waals surface area contributed by atoms with Gasteiger partial charge in [0.25, 0.3) is 0 Å². The second-order valence-electron chi connectivity index (χ2n) is 3.67. The van der Waals surface area contributed by atoms with E-state index in [4.69, 9.17) is 11.6 Å². The molecule has 0 fully saturated rings. The van der Waals surface area contributed by atoms with Gasteiger partial charge in [0.1, 0.15) is 5.38 Å². The molecule has 1 aromatic rings. The topological polar surface area (TPSA) is 76.0 Å². The summed E-state index contributed by atoms with van der Waals surface area (Å²) in [5.41, 5.74) is 1.86. The molecule has 0 aliphatic rings. The average Bonchev–Trinajstić information content (AvgIpc) is 2.57. The third-order valence-electron chi connectivity index (χ3n) is 2.37. The maximum Gasteiger partial charge on any atom is 0.321 e. The van der Waals surface area contributed by atoms with Crippen molar-refractivity contribution in [2.24, 2.45) is 7.05 Å². The molecule has 0 saturated heterocycles. The van der Waals surface area contributed by atoms with Crippen LogP contribution in [0.25, 0.3) is 0 Å². The van der Waals surface area contributed by atoms with Crippen molar-refractivity contribution in [3.8, 4) is 0 Å². The number of carbonyl (C=O) groups is 2. The number of imide groups is 1. The Balaban J connectivity index is 2.44. The lowest BCUT2D eigenvalue weighted by atomic mass is 10.2. The van der Waals surface area contributed by atoms with Gasteiger partial charge in [-0.2, -0.15) is 5.10 Å². The summed E-state index contributed by atoms with van der Waals surface area (Å²) in [7, 11) is 1.82. The Morgan fingerprint density at radius 3 is 2.71 bits per heavy atom.